The highest BCUT2D eigenvalue weighted by molar-refractivity contribution is 7.12. The van der Waals surface area contributed by atoms with Crippen molar-refractivity contribution in [2.24, 2.45) is 0 Å². The Morgan fingerprint density at radius 2 is 1.77 bits per heavy atom. The van der Waals surface area contributed by atoms with Crippen molar-refractivity contribution in [2.75, 3.05) is 7.11 Å². The van der Waals surface area contributed by atoms with Gasteiger partial charge in [-0.25, -0.2) is 9.37 Å². The van der Waals surface area contributed by atoms with E-state index in [1.807, 2.05) is 0 Å². The average Bonchev–Trinajstić information content (AvgIpc) is 3.04. The molecule has 0 aliphatic carbocycles. The maximum Gasteiger partial charge on any atom is 0.205 e. The molecule has 3 rings (SSSR count). The largest absolute Gasteiger partial charge is 0.497 e. The molecule has 1 aromatic heterocycles. The normalized spacial score (nSPS) is 10.5. The number of hydrogen-bond acceptors (Lipinski definition) is 4. The van der Waals surface area contributed by atoms with Crippen molar-refractivity contribution in [1.29, 1.82) is 0 Å². The number of ether oxygens (including phenoxy) is 1. The molecule has 0 fully saturated rings. The fourth-order valence-corrected chi connectivity index (χ4v) is 2.86. The predicted octanol–water partition coefficient (Wildman–Crippen LogP) is 4.19. The third-order valence-electron chi connectivity index (χ3n) is 3.24. The van der Waals surface area contributed by atoms with Crippen LogP contribution in [-0.4, -0.2) is 17.9 Å². The summed E-state index contributed by atoms with van der Waals surface area (Å²) in [4.78, 5) is 17.4. The van der Waals surface area contributed by atoms with Crippen molar-refractivity contribution in [3.05, 3.63) is 70.3 Å². The van der Waals surface area contributed by atoms with E-state index in [4.69, 9.17) is 4.74 Å². The van der Waals surface area contributed by atoms with Crippen LogP contribution < -0.4 is 4.74 Å². The molecule has 5 heteroatoms. The molecule has 0 radical (unpaired) electrons. The van der Waals surface area contributed by atoms with Gasteiger partial charge in [-0.3, -0.25) is 4.79 Å². The van der Waals surface area contributed by atoms with Crippen LogP contribution in [0.25, 0.3) is 11.3 Å². The van der Waals surface area contributed by atoms with Crippen molar-refractivity contribution in [1.82, 2.24) is 4.98 Å². The molecule has 0 N–H and O–H groups in total. The Hall–Kier alpha value is -2.53. The molecule has 0 bridgehead atoms. The van der Waals surface area contributed by atoms with Gasteiger partial charge in [0.25, 0.3) is 0 Å². The topological polar surface area (TPSA) is 39.2 Å². The predicted molar refractivity (Wildman–Crippen MR) is 83.9 cm³/mol. The molecule has 0 amide bonds. The molecule has 2 aromatic carbocycles. The van der Waals surface area contributed by atoms with E-state index in [9.17, 15) is 9.18 Å². The van der Waals surface area contributed by atoms with Crippen LogP contribution in [0.15, 0.2) is 54.0 Å². The zero-order chi connectivity index (χ0) is 15.5. The van der Waals surface area contributed by atoms with Crippen LogP contribution in [0.5, 0.6) is 5.75 Å². The van der Waals surface area contributed by atoms with Gasteiger partial charge in [0.2, 0.25) is 5.78 Å². The van der Waals surface area contributed by atoms with Gasteiger partial charge in [-0.05, 0) is 48.5 Å². The molecular weight excluding hydrogens is 301 g/mol. The lowest BCUT2D eigenvalue weighted by molar-refractivity contribution is 0.104. The Bertz CT molecular complexity index is 794. The quantitative estimate of drug-likeness (QED) is 0.678. The Morgan fingerprint density at radius 3 is 2.41 bits per heavy atom. The SMILES string of the molecule is COc1ccc(C(=O)c2scnc2-c2ccc(F)cc2)cc1. The number of aromatic nitrogens is 1. The second kappa shape index (κ2) is 6.07. The van der Waals surface area contributed by atoms with Crippen molar-refractivity contribution in [3.63, 3.8) is 0 Å². The van der Waals surface area contributed by atoms with Crippen LogP contribution in [-0.2, 0) is 0 Å². The average molecular weight is 313 g/mol. The van der Waals surface area contributed by atoms with E-state index in [0.717, 1.165) is 5.56 Å². The summed E-state index contributed by atoms with van der Waals surface area (Å²) >= 11 is 1.28. The number of benzene rings is 2. The van der Waals surface area contributed by atoms with Crippen molar-refractivity contribution in [3.8, 4) is 17.0 Å². The zero-order valence-corrected chi connectivity index (χ0v) is 12.6. The first-order valence-corrected chi connectivity index (χ1v) is 7.45. The Morgan fingerprint density at radius 1 is 1.09 bits per heavy atom. The van der Waals surface area contributed by atoms with Crippen LogP contribution in [0.4, 0.5) is 4.39 Å². The summed E-state index contributed by atoms with van der Waals surface area (Å²) < 4.78 is 18.1. The second-order valence-corrected chi connectivity index (χ2v) is 5.45. The first-order valence-electron chi connectivity index (χ1n) is 6.57. The molecule has 0 atom stereocenters. The third-order valence-corrected chi connectivity index (χ3v) is 4.07. The van der Waals surface area contributed by atoms with Crippen LogP contribution >= 0.6 is 11.3 Å². The van der Waals surface area contributed by atoms with Crippen molar-refractivity contribution < 1.29 is 13.9 Å². The maximum absolute atomic E-state index is 13.0. The summed E-state index contributed by atoms with van der Waals surface area (Å²) in [6.07, 6.45) is 0. The summed E-state index contributed by atoms with van der Waals surface area (Å²) in [5.74, 6) is 0.270. The van der Waals surface area contributed by atoms with E-state index in [2.05, 4.69) is 4.98 Å². The van der Waals surface area contributed by atoms with Crippen LogP contribution in [0, 0.1) is 5.82 Å². The van der Waals surface area contributed by atoms with Gasteiger partial charge in [-0.15, -0.1) is 11.3 Å². The highest BCUT2D eigenvalue weighted by atomic mass is 32.1. The van der Waals surface area contributed by atoms with Gasteiger partial charge in [0.15, 0.2) is 0 Å². The number of halogens is 1. The number of thiazole rings is 1. The second-order valence-electron chi connectivity index (χ2n) is 4.59. The smallest absolute Gasteiger partial charge is 0.205 e. The number of ketones is 1. The van der Waals surface area contributed by atoms with Crippen molar-refractivity contribution in [2.45, 2.75) is 0 Å². The molecule has 0 aliphatic rings. The summed E-state index contributed by atoms with van der Waals surface area (Å²) in [6, 6.07) is 12.9. The first-order chi connectivity index (χ1) is 10.7. The fraction of sp³-hybridized carbons (Fsp3) is 0.0588. The molecule has 22 heavy (non-hydrogen) atoms. The molecule has 1 heterocycles. The minimum absolute atomic E-state index is 0.107. The maximum atomic E-state index is 13.0. The summed E-state index contributed by atoms with van der Waals surface area (Å²) in [6.45, 7) is 0. The van der Waals surface area contributed by atoms with Crippen LogP contribution in [0.3, 0.4) is 0 Å². The lowest BCUT2D eigenvalue weighted by atomic mass is 10.0. The molecule has 3 aromatic rings. The minimum Gasteiger partial charge on any atom is -0.497 e. The number of hydrogen-bond donors (Lipinski definition) is 0. The fourth-order valence-electron chi connectivity index (χ4n) is 2.09. The molecule has 3 nitrogen and oxygen atoms in total. The van der Waals surface area contributed by atoms with Crippen LogP contribution in [0.2, 0.25) is 0 Å². The number of carbonyl (C=O) groups is 1. The molecular formula is C17H12FNO2S. The number of nitrogens with zero attached hydrogens (tertiary/aromatic N) is 1. The molecule has 0 aliphatic heterocycles. The molecule has 110 valence electrons. The Labute approximate surface area is 131 Å². The monoisotopic (exact) mass is 313 g/mol. The molecule has 0 saturated carbocycles. The van der Waals surface area contributed by atoms with Gasteiger partial charge in [-0.2, -0.15) is 0 Å². The number of rotatable bonds is 4. The van der Waals surface area contributed by atoms with Crippen molar-refractivity contribution >= 4 is 17.1 Å². The lowest BCUT2D eigenvalue weighted by Crippen LogP contribution is -2.01. The Kier molecular flexibility index (Phi) is 3.98. The van der Waals surface area contributed by atoms with Gasteiger partial charge in [0, 0.05) is 11.1 Å². The van der Waals surface area contributed by atoms with Gasteiger partial charge < -0.3 is 4.74 Å². The zero-order valence-electron chi connectivity index (χ0n) is 11.7. The van der Waals surface area contributed by atoms with E-state index in [-0.39, 0.29) is 11.6 Å². The van der Waals surface area contributed by atoms with Gasteiger partial charge >= 0.3 is 0 Å². The van der Waals surface area contributed by atoms with Gasteiger partial charge in [0.1, 0.15) is 16.4 Å². The van der Waals surface area contributed by atoms with E-state index in [1.165, 1.54) is 23.5 Å². The van der Waals surface area contributed by atoms with Gasteiger partial charge in [-0.1, -0.05) is 0 Å². The third kappa shape index (κ3) is 2.76. The molecule has 0 unspecified atom stereocenters. The summed E-state index contributed by atoms with van der Waals surface area (Å²) in [5.41, 5.74) is 3.48. The Balaban J connectivity index is 1.96. The number of methoxy groups -OCH3 is 1. The standard InChI is InChI=1S/C17H12FNO2S/c1-21-14-8-4-12(5-9-14)16(20)17-15(19-10-22-17)11-2-6-13(18)7-3-11/h2-10H,1H3. The highest BCUT2D eigenvalue weighted by Crippen LogP contribution is 2.28. The van der Waals surface area contributed by atoms with Crippen LogP contribution in [0.1, 0.15) is 15.2 Å². The van der Waals surface area contributed by atoms with E-state index >= 15 is 0 Å². The van der Waals surface area contributed by atoms with E-state index in [1.54, 1.807) is 49.0 Å². The highest BCUT2D eigenvalue weighted by Gasteiger charge is 2.18. The molecule has 0 saturated heterocycles. The molecule has 0 spiro atoms. The van der Waals surface area contributed by atoms with E-state index in [0.29, 0.717) is 21.9 Å². The first kappa shape index (κ1) is 14.4. The summed E-state index contributed by atoms with van der Waals surface area (Å²) in [5, 5.41) is 0. The number of carbonyl (C=O) groups excluding carboxylic acids is 1. The lowest BCUT2D eigenvalue weighted by Gasteiger charge is -2.04. The minimum atomic E-state index is -0.318. The van der Waals surface area contributed by atoms with Gasteiger partial charge in [0.05, 0.1) is 18.3 Å². The summed E-state index contributed by atoms with van der Waals surface area (Å²) in [7, 11) is 1.58. The van der Waals surface area contributed by atoms with E-state index < -0.39 is 0 Å².